The molecule has 0 aliphatic rings. The van der Waals surface area contributed by atoms with Gasteiger partial charge in [-0.05, 0) is 31.7 Å². The molecular weight excluding hydrogens is 289 g/mol. The first-order valence-electron chi connectivity index (χ1n) is 7.08. The van der Waals surface area contributed by atoms with Gasteiger partial charge in [0.1, 0.15) is 5.82 Å². The lowest BCUT2D eigenvalue weighted by Gasteiger charge is -2.11. The van der Waals surface area contributed by atoms with Crippen molar-refractivity contribution in [2.24, 2.45) is 0 Å². The number of aromatic nitrogens is 2. The fourth-order valence-corrected chi connectivity index (χ4v) is 2.83. The molecule has 0 saturated carbocycles. The predicted octanol–water partition coefficient (Wildman–Crippen LogP) is 3.43. The van der Waals surface area contributed by atoms with E-state index in [1.165, 1.54) is 23.9 Å². The molecule has 0 spiro atoms. The summed E-state index contributed by atoms with van der Waals surface area (Å²) in [5.74, 6) is 1.64. The number of benzene rings is 1. The molecule has 0 amide bonds. The van der Waals surface area contributed by atoms with Crippen LogP contribution in [0.5, 0.6) is 0 Å². The van der Waals surface area contributed by atoms with Crippen LogP contribution in [0.15, 0.2) is 33.7 Å². The van der Waals surface area contributed by atoms with Crippen LogP contribution in [0.3, 0.4) is 0 Å². The van der Waals surface area contributed by atoms with Gasteiger partial charge in [-0.2, -0.15) is 4.98 Å². The van der Waals surface area contributed by atoms with Crippen molar-refractivity contribution in [3.8, 4) is 0 Å². The van der Waals surface area contributed by atoms with Gasteiger partial charge in [-0.25, -0.2) is 4.39 Å². The zero-order valence-electron chi connectivity index (χ0n) is 12.3. The van der Waals surface area contributed by atoms with Gasteiger partial charge in [0.2, 0.25) is 5.89 Å². The minimum atomic E-state index is -0.231. The van der Waals surface area contributed by atoms with Gasteiger partial charge >= 0.3 is 0 Å². The van der Waals surface area contributed by atoms with Crippen molar-refractivity contribution in [1.29, 1.82) is 0 Å². The molecule has 2 rings (SSSR count). The third kappa shape index (κ3) is 5.13. The van der Waals surface area contributed by atoms with Gasteiger partial charge in [0.25, 0.3) is 0 Å². The Labute approximate surface area is 128 Å². The van der Waals surface area contributed by atoms with E-state index in [-0.39, 0.29) is 5.82 Å². The number of nitrogens with one attached hydrogen (secondary N) is 1. The van der Waals surface area contributed by atoms with Crippen molar-refractivity contribution >= 4 is 11.8 Å². The first-order valence-corrected chi connectivity index (χ1v) is 8.07. The Hall–Kier alpha value is -1.40. The molecule has 0 aliphatic carbocycles. The van der Waals surface area contributed by atoms with E-state index in [2.05, 4.69) is 22.4 Å². The summed E-state index contributed by atoms with van der Waals surface area (Å²) in [5.41, 5.74) is 0. The van der Waals surface area contributed by atoms with Crippen molar-refractivity contribution in [3.63, 3.8) is 0 Å². The smallest absolute Gasteiger partial charge is 0.228 e. The third-order valence-electron chi connectivity index (χ3n) is 3.14. The van der Waals surface area contributed by atoms with E-state index in [0.29, 0.717) is 23.5 Å². The highest BCUT2D eigenvalue weighted by Gasteiger charge is 2.12. The Morgan fingerprint density at radius 2 is 2.29 bits per heavy atom. The summed E-state index contributed by atoms with van der Waals surface area (Å²) in [6.07, 6.45) is 2.93. The molecule has 0 fully saturated rings. The summed E-state index contributed by atoms with van der Waals surface area (Å²) in [4.78, 5) is 5.25. The third-order valence-corrected chi connectivity index (χ3v) is 4.13. The van der Waals surface area contributed by atoms with Crippen molar-refractivity contribution in [2.75, 3.05) is 7.05 Å². The standard InChI is InChI=1S/C15H20FN3OS/c1-3-5-12(17-2)9-15-18-14(19-20-15)10-21-13-7-4-6-11(16)8-13/h4,6-8,12,17H,3,5,9-10H2,1-2H3. The molecule has 0 aliphatic heterocycles. The SMILES string of the molecule is CCCC(Cc1nc(CSc2cccc(F)c2)no1)NC. The quantitative estimate of drug-likeness (QED) is 0.757. The number of nitrogens with zero attached hydrogens (tertiary/aromatic N) is 2. The van der Waals surface area contributed by atoms with E-state index in [0.717, 1.165) is 24.2 Å². The first kappa shape index (κ1) is 16.0. The van der Waals surface area contributed by atoms with E-state index in [1.54, 1.807) is 6.07 Å². The second-order valence-electron chi connectivity index (χ2n) is 4.83. The molecule has 1 heterocycles. The van der Waals surface area contributed by atoms with Crippen LogP contribution in [-0.2, 0) is 12.2 Å². The van der Waals surface area contributed by atoms with E-state index in [4.69, 9.17) is 4.52 Å². The number of thioether (sulfide) groups is 1. The lowest BCUT2D eigenvalue weighted by Crippen LogP contribution is -2.27. The maximum absolute atomic E-state index is 13.1. The van der Waals surface area contributed by atoms with Crippen LogP contribution in [0.2, 0.25) is 0 Å². The number of hydrogen-bond acceptors (Lipinski definition) is 5. The van der Waals surface area contributed by atoms with Crippen LogP contribution in [0.4, 0.5) is 4.39 Å². The number of likely N-dealkylation sites (N-methyl/N-ethyl adjacent to an activating group) is 1. The Morgan fingerprint density at radius 1 is 1.43 bits per heavy atom. The highest BCUT2D eigenvalue weighted by atomic mass is 32.2. The molecule has 1 N–H and O–H groups in total. The van der Waals surface area contributed by atoms with E-state index in [1.807, 2.05) is 13.1 Å². The minimum Gasteiger partial charge on any atom is -0.339 e. The second-order valence-corrected chi connectivity index (χ2v) is 5.88. The van der Waals surface area contributed by atoms with Gasteiger partial charge < -0.3 is 9.84 Å². The molecule has 4 nitrogen and oxygen atoms in total. The van der Waals surface area contributed by atoms with Gasteiger partial charge in [-0.1, -0.05) is 24.6 Å². The van der Waals surface area contributed by atoms with Crippen LogP contribution in [0, 0.1) is 5.82 Å². The highest BCUT2D eigenvalue weighted by Crippen LogP contribution is 2.22. The van der Waals surface area contributed by atoms with Crippen molar-refractivity contribution in [2.45, 2.75) is 42.9 Å². The molecule has 1 atom stereocenters. The van der Waals surface area contributed by atoms with E-state index < -0.39 is 0 Å². The van der Waals surface area contributed by atoms with Crippen molar-refractivity contribution < 1.29 is 8.91 Å². The molecule has 0 radical (unpaired) electrons. The van der Waals surface area contributed by atoms with Gasteiger partial charge in [-0.3, -0.25) is 0 Å². The molecule has 1 aromatic heterocycles. The average molecular weight is 309 g/mol. The topological polar surface area (TPSA) is 51.0 Å². The summed E-state index contributed by atoms with van der Waals surface area (Å²) in [7, 11) is 1.94. The predicted molar refractivity (Wildman–Crippen MR) is 81.7 cm³/mol. The van der Waals surface area contributed by atoms with Crippen LogP contribution >= 0.6 is 11.8 Å². The van der Waals surface area contributed by atoms with Gasteiger partial charge in [0.05, 0.1) is 5.75 Å². The maximum Gasteiger partial charge on any atom is 0.228 e. The molecule has 1 aromatic carbocycles. The number of hydrogen-bond donors (Lipinski definition) is 1. The van der Waals surface area contributed by atoms with Crippen molar-refractivity contribution in [1.82, 2.24) is 15.5 Å². The molecule has 1 unspecified atom stereocenters. The van der Waals surface area contributed by atoms with Crippen LogP contribution in [-0.4, -0.2) is 23.2 Å². The van der Waals surface area contributed by atoms with E-state index in [9.17, 15) is 4.39 Å². The molecule has 0 bridgehead atoms. The lowest BCUT2D eigenvalue weighted by molar-refractivity contribution is 0.353. The largest absolute Gasteiger partial charge is 0.339 e. The second kappa shape index (κ2) is 8.14. The first-order chi connectivity index (χ1) is 10.2. The van der Waals surface area contributed by atoms with Gasteiger partial charge in [-0.15, -0.1) is 11.8 Å². The van der Waals surface area contributed by atoms with Crippen molar-refractivity contribution in [3.05, 3.63) is 41.8 Å². The van der Waals surface area contributed by atoms with Gasteiger partial charge in [0, 0.05) is 17.4 Å². The van der Waals surface area contributed by atoms with Crippen LogP contribution in [0.1, 0.15) is 31.5 Å². The summed E-state index contributed by atoms with van der Waals surface area (Å²) in [6.45, 7) is 2.15. The van der Waals surface area contributed by atoms with E-state index >= 15 is 0 Å². The zero-order chi connectivity index (χ0) is 15.1. The monoisotopic (exact) mass is 309 g/mol. The Morgan fingerprint density at radius 3 is 3.00 bits per heavy atom. The summed E-state index contributed by atoms with van der Waals surface area (Å²) < 4.78 is 18.3. The maximum atomic E-state index is 13.1. The van der Waals surface area contributed by atoms with Crippen LogP contribution in [0.25, 0.3) is 0 Å². The number of rotatable bonds is 8. The zero-order valence-corrected chi connectivity index (χ0v) is 13.1. The highest BCUT2D eigenvalue weighted by molar-refractivity contribution is 7.98. The summed E-state index contributed by atoms with van der Waals surface area (Å²) in [6, 6.07) is 6.86. The molecule has 21 heavy (non-hydrogen) atoms. The summed E-state index contributed by atoms with van der Waals surface area (Å²) >= 11 is 1.50. The minimum absolute atomic E-state index is 0.231. The average Bonchev–Trinajstić information content (AvgIpc) is 2.92. The molecular formula is C15H20FN3OS. The Balaban J connectivity index is 1.88. The van der Waals surface area contributed by atoms with Crippen LogP contribution < -0.4 is 5.32 Å². The fourth-order valence-electron chi connectivity index (χ4n) is 2.04. The Kier molecular flexibility index (Phi) is 6.20. The van der Waals surface area contributed by atoms with Gasteiger partial charge in [0.15, 0.2) is 5.82 Å². The lowest BCUT2D eigenvalue weighted by atomic mass is 10.1. The normalized spacial score (nSPS) is 12.5. The Bertz CT molecular complexity index is 561. The molecule has 0 saturated heterocycles. The molecule has 6 heteroatoms. The number of halogens is 1. The molecule has 2 aromatic rings. The fraction of sp³-hybridized carbons (Fsp3) is 0.467. The summed E-state index contributed by atoms with van der Waals surface area (Å²) in [5, 5.41) is 7.22. The molecule has 114 valence electrons.